The van der Waals surface area contributed by atoms with Gasteiger partial charge in [-0.25, -0.2) is 0 Å². The minimum Gasteiger partial charge on any atom is -0.458 e. The number of rotatable bonds is 5. The molecule has 0 atom stereocenters. The zero-order valence-corrected chi connectivity index (χ0v) is 11.8. The Morgan fingerprint density at radius 1 is 1.06 bits per heavy atom. The van der Waals surface area contributed by atoms with Crippen LogP contribution in [-0.2, 0) is 14.3 Å². The first-order valence-corrected chi connectivity index (χ1v) is 5.96. The molecule has 0 aromatic heterocycles. The molecule has 0 aromatic carbocycles. The number of carbonyl (C=O) groups is 2. The summed E-state index contributed by atoms with van der Waals surface area (Å²) >= 11 is 0. The van der Waals surface area contributed by atoms with E-state index in [9.17, 15) is 9.59 Å². The molecule has 4 nitrogen and oxygen atoms in total. The van der Waals surface area contributed by atoms with Gasteiger partial charge in [0.05, 0.1) is 6.42 Å². The molecule has 0 fully saturated rings. The van der Waals surface area contributed by atoms with Gasteiger partial charge in [-0.3, -0.25) is 9.59 Å². The Bertz CT molecular complexity index is 271. The smallest absolute Gasteiger partial charge is 0.307 e. The Morgan fingerprint density at radius 2 is 1.59 bits per heavy atom. The van der Waals surface area contributed by atoms with Crippen molar-refractivity contribution in [3.8, 4) is 0 Å². The Labute approximate surface area is 104 Å². The summed E-state index contributed by atoms with van der Waals surface area (Å²) in [6, 6.07) is 0. The van der Waals surface area contributed by atoms with E-state index in [-0.39, 0.29) is 30.3 Å². The van der Waals surface area contributed by atoms with Crippen LogP contribution in [0, 0.1) is 5.41 Å². The minimum absolute atomic E-state index is 0.0124. The molecule has 0 aliphatic rings. The van der Waals surface area contributed by atoms with Gasteiger partial charge in [0.25, 0.3) is 0 Å². The summed E-state index contributed by atoms with van der Waals surface area (Å²) in [5, 5.41) is 3.18. The molecular formula is C13H25NO3. The molecule has 4 heteroatoms. The van der Waals surface area contributed by atoms with Crippen molar-refractivity contribution >= 4 is 11.8 Å². The molecule has 1 N–H and O–H groups in total. The summed E-state index contributed by atoms with van der Waals surface area (Å²) in [7, 11) is 0. The van der Waals surface area contributed by atoms with Crippen molar-refractivity contribution in [1.82, 2.24) is 5.32 Å². The van der Waals surface area contributed by atoms with E-state index < -0.39 is 5.41 Å². The van der Waals surface area contributed by atoms with Gasteiger partial charge >= 0.3 is 5.97 Å². The number of ether oxygens (including phenoxy) is 1. The van der Waals surface area contributed by atoms with Crippen molar-refractivity contribution in [2.75, 3.05) is 13.2 Å². The normalized spacial score (nSPS) is 12.4. The van der Waals surface area contributed by atoms with Crippen LogP contribution in [0.5, 0.6) is 0 Å². The second-order valence-electron chi connectivity index (χ2n) is 6.26. The van der Waals surface area contributed by atoms with Crippen molar-refractivity contribution in [2.45, 2.75) is 53.5 Å². The molecule has 0 aliphatic heterocycles. The fraction of sp³-hybridized carbons (Fsp3) is 0.846. The lowest BCUT2D eigenvalue weighted by Gasteiger charge is -2.20. The van der Waals surface area contributed by atoms with Crippen LogP contribution in [0.3, 0.4) is 0 Å². The van der Waals surface area contributed by atoms with Gasteiger partial charge < -0.3 is 10.1 Å². The first kappa shape index (κ1) is 16.1. The van der Waals surface area contributed by atoms with Gasteiger partial charge in [-0.2, -0.15) is 0 Å². The van der Waals surface area contributed by atoms with Crippen LogP contribution < -0.4 is 5.32 Å². The van der Waals surface area contributed by atoms with E-state index in [1.165, 1.54) is 0 Å². The molecular weight excluding hydrogens is 218 g/mol. The predicted molar refractivity (Wildman–Crippen MR) is 67.8 cm³/mol. The standard InChI is InChI=1S/C13H25NO3/c1-12(2,3)10(15)9-17-11(16)7-8-14-13(4,5)6/h14H,7-9H2,1-6H3. The number of ketones is 1. The molecule has 0 spiro atoms. The number of esters is 1. The van der Waals surface area contributed by atoms with Gasteiger partial charge in [-0.05, 0) is 20.8 Å². The topological polar surface area (TPSA) is 55.4 Å². The average Bonchev–Trinajstić information content (AvgIpc) is 2.10. The zero-order chi connectivity index (χ0) is 13.7. The van der Waals surface area contributed by atoms with E-state index in [1.807, 2.05) is 41.5 Å². The molecule has 0 rings (SSSR count). The Balaban J connectivity index is 3.79. The highest BCUT2D eigenvalue weighted by Gasteiger charge is 2.22. The van der Waals surface area contributed by atoms with E-state index in [1.54, 1.807) is 0 Å². The molecule has 100 valence electrons. The van der Waals surface area contributed by atoms with Gasteiger partial charge in [-0.15, -0.1) is 0 Å². The van der Waals surface area contributed by atoms with Crippen LogP contribution in [0.25, 0.3) is 0 Å². The maximum atomic E-state index is 11.5. The molecule has 0 aromatic rings. The van der Waals surface area contributed by atoms with Crippen molar-refractivity contribution in [1.29, 1.82) is 0 Å². The lowest BCUT2D eigenvalue weighted by Crippen LogP contribution is -2.37. The molecule has 17 heavy (non-hydrogen) atoms. The summed E-state index contributed by atoms with van der Waals surface area (Å²) < 4.78 is 4.92. The molecule has 0 radical (unpaired) electrons. The first-order chi connectivity index (χ1) is 7.52. The maximum absolute atomic E-state index is 11.5. The van der Waals surface area contributed by atoms with Crippen molar-refractivity contribution in [3.63, 3.8) is 0 Å². The minimum atomic E-state index is -0.454. The predicted octanol–water partition coefficient (Wildman–Crippen LogP) is 1.92. The summed E-state index contributed by atoms with van der Waals surface area (Å²) in [6.07, 6.45) is 0.286. The molecule has 0 saturated carbocycles. The van der Waals surface area contributed by atoms with Crippen LogP contribution >= 0.6 is 0 Å². The number of carbonyl (C=O) groups excluding carboxylic acids is 2. The van der Waals surface area contributed by atoms with E-state index in [4.69, 9.17) is 4.74 Å². The fourth-order valence-electron chi connectivity index (χ4n) is 0.974. The van der Waals surface area contributed by atoms with Crippen molar-refractivity contribution < 1.29 is 14.3 Å². The Morgan fingerprint density at radius 3 is 2.00 bits per heavy atom. The van der Waals surface area contributed by atoms with E-state index >= 15 is 0 Å². The summed E-state index contributed by atoms with van der Waals surface area (Å²) in [4.78, 5) is 22.9. The Hall–Kier alpha value is -0.900. The fourth-order valence-corrected chi connectivity index (χ4v) is 0.974. The van der Waals surface area contributed by atoms with E-state index in [0.29, 0.717) is 6.54 Å². The zero-order valence-electron chi connectivity index (χ0n) is 11.8. The maximum Gasteiger partial charge on any atom is 0.307 e. The molecule has 0 bridgehead atoms. The van der Waals surface area contributed by atoms with Gasteiger partial charge in [0.15, 0.2) is 12.4 Å². The number of hydrogen-bond acceptors (Lipinski definition) is 4. The van der Waals surface area contributed by atoms with Crippen LogP contribution in [0.4, 0.5) is 0 Å². The molecule has 0 aliphatic carbocycles. The van der Waals surface area contributed by atoms with Crippen LogP contribution in [0.15, 0.2) is 0 Å². The SMILES string of the molecule is CC(C)(C)NCCC(=O)OCC(=O)C(C)(C)C. The number of hydrogen-bond donors (Lipinski definition) is 1. The quantitative estimate of drug-likeness (QED) is 0.750. The summed E-state index contributed by atoms with van der Waals surface area (Å²) in [5.41, 5.74) is -0.467. The van der Waals surface area contributed by atoms with E-state index in [0.717, 1.165) is 0 Å². The number of Topliss-reactive ketones (excluding diaryl/α,β-unsaturated/α-hetero) is 1. The molecule has 0 saturated heterocycles. The molecule has 0 unspecified atom stereocenters. The highest BCUT2D eigenvalue weighted by atomic mass is 16.5. The van der Waals surface area contributed by atoms with Gasteiger partial charge in [0.1, 0.15) is 0 Å². The lowest BCUT2D eigenvalue weighted by molar-refractivity contribution is -0.150. The highest BCUT2D eigenvalue weighted by molar-refractivity contribution is 5.86. The average molecular weight is 243 g/mol. The van der Waals surface area contributed by atoms with E-state index in [2.05, 4.69) is 5.32 Å². The first-order valence-electron chi connectivity index (χ1n) is 5.96. The summed E-state index contributed by atoms with van der Waals surface area (Å²) in [6.45, 7) is 12.0. The van der Waals surface area contributed by atoms with Crippen LogP contribution in [0.1, 0.15) is 48.0 Å². The third kappa shape index (κ3) is 8.86. The highest BCUT2D eigenvalue weighted by Crippen LogP contribution is 2.14. The molecule has 0 heterocycles. The number of nitrogens with one attached hydrogen (secondary N) is 1. The van der Waals surface area contributed by atoms with Crippen molar-refractivity contribution in [2.24, 2.45) is 5.41 Å². The van der Waals surface area contributed by atoms with Crippen molar-refractivity contribution in [3.05, 3.63) is 0 Å². The lowest BCUT2D eigenvalue weighted by atomic mass is 9.91. The third-order valence-electron chi connectivity index (χ3n) is 2.19. The third-order valence-corrected chi connectivity index (χ3v) is 2.19. The summed E-state index contributed by atoms with van der Waals surface area (Å²) in [5.74, 6) is -0.394. The largest absolute Gasteiger partial charge is 0.458 e. The van der Waals surface area contributed by atoms with Gasteiger partial charge in [0, 0.05) is 17.5 Å². The van der Waals surface area contributed by atoms with Gasteiger partial charge in [0.2, 0.25) is 0 Å². The van der Waals surface area contributed by atoms with Crippen LogP contribution in [-0.4, -0.2) is 30.4 Å². The monoisotopic (exact) mass is 243 g/mol. The second kappa shape index (κ2) is 6.15. The van der Waals surface area contributed by atoms with Gasteiger partial charge in [-0.1, -0.05) is 20.8 Å². The van der Waals surface area contributed by atoms with Crippen LogP contribution in [0.2, 0.25) is 0 Å². The Kier molecular flexibility index (Phi) is 5.82. The second-order valence-corrected chi connectivity index (χ2v) is 6.26. The molecule has 0 amide bonds.